The summed E-state index contributed by atoms with van der Waals surface area (Å²) in [5.41, 5.74) is 2.34. The van der Waals surface area contributed by atoms with Crippen molar-refractivity contribution in [3.05, 3.63) is 48.4 Å². The molecule has 0 amide bonds. The number of anilines is 3. The fraction of sp³-hybridized carbons (Fsp3) is 0.577. The molecule has 0 saturated carbocycles. The minimum atomic E-state index is -0.147. The molecular formula is C26H35FN4. The first kappa shape index (κ1) is 20.6. The first-order valence-corrected chi connectivity index (χ1v) is 12.1. The highest BCUT2D eigenvalue weighted by Gasteiger charge is 2.48. The topological polar surface area (TPSA) is 22.6 Å². The average Bonchev–Trinajstić information content (AvgIpc) is 3.20. The zero-order valence-electron chi connectivity index (χ0n) is 18.9. The molecule has 0 aliphatic carbocycles. The van der Waals surface area contributed by atoms with Crippen LogP contribution in [0.1, 0.15) is 46.0 Å². The van der Waals surface area contributed by atoms with Crippen LogP contribution in [0.3, 0.4) is 0 Å². The molecule has 4 nitrogen and oxygen atoms in total. The Morgan fingerprint density at radius 3 is 2.55 bits per heavy atom. The van der Waals surface area contributed by atoms with Crippen LogP contribution in [0, 0.1) is 17.7 Å². The van der Waals surface area contributed by atoms with Gasteiger partial charge in [0.15, 0.2) is 0 Å². The quantitative estimate of drug-likeness (QED) is 0.663. The molecule has 166 valence electrons. The smallest absolute Gasteiger partial charge is 0.130 e. The molecule has 5 heteroatoms. The molecule has 1 aromatic carbocycles. The Morgan fingerprint density at radius 2 is 1.77 bits per heavy atom. The van der Waals surface area contributed by atoms with E-state index in [2.05, 4.69) is 46.7 Å². The number of piperidine rings is 2. The Kier molecular flexibility index (Phi) is 5.77. The number of pyridine rings is 1. The fourth-order valence-corrected chi connectivity index (χ4v) is 6.06. The molecule has 3 atom stereocenters. The van der Waals surface area contributed by atoms with Crippen LogP contribution in [0.4, 0.5) is 21.6 Å². The minimum Gasteiger partial charge on any atom is -0.371 e. The lowest BCUT2D eigenvalue weighted by Crippen LogP contribution is -2.52. The van der Waals surface area contributed by atoms with Crippen LogP contribution in [0.2, 0.25) is 0 Å². The largest absolute Gasteiger partial charge is 0.371 e. The van der Waals surface area contributed by atoms with Gasteiger partial charge in [-0.2, -0.15) is 0 Å². The van der Waals surface area contributed by atoms with Crippen molar-refractivity contribution in [3.8, 4) is 0 Å². The summed E-state index contributed by atoms with van der Waals surface area (Å²) < 4.78 is 14.0. The summed E-state index contributed by atoms with van der Waals surface area (Å²) in [5, 5.41) is 0. The highest BCUT2D eigenvalue weighted by molar-refractivity contribution is 5.58. The van der Waals surface area contributed by atoms with Crippen molar-refractivity contribution in [3.63, 3.8) is 0 Å². The molecule has 4 heterocycles. The van der Waals surface area contributed by atoms with E-state index in [1.54, 1.807) is 12.1 Å². The predicted molar refractivity (Wildman–Crippen MR) is 127 cm³/mol. The number of benzene rings is 1. The third-order valence-electron chi connectivity index (χ3n) is 7.64. The third-order valence-corrected chi connectivity index (χ3v) is 7.64. The second-order valence-electron chi connectivity index (χ2n) is 9.85. The van der Waals surface area contributed by atoms with Crippen LogP contribution in [0.5, 0.6) is 0 Å². The summed E-state index contributed by atoms with van der Waals surface area (Å²) in [4.78, 5) is 12.4. The summed E-state index contributed by atoms with van der Waals surface area (Å²) in [6.07, 6.45) is 8.20. The van der Waals surface area contributed by atoms with Gasteiger partial charge >= 0.3 is 0 Å². The van der Waals surface area contributed by atoms with Gasteiger partial charge < -0.3 is 14.7 Å². The monoisotopic (exact) mass is 422 g/mol. The SMILES string of the molecule is CC(C)C1CN(c2cc(N3CCCCC3)ccn2)C2CCCN(c3cccc(F)c3)C12. The Hall–Kier alpha value is -2.30. The van der Waals surface area contributed by atoms with Gasteiger partial charge in [-0.1, -0.05) is 19.9 Å². The van der Waals surface area contributed by atoms with Crippen LogP contribution >= 0.6 is 0 Å². The summed E-state index contributed by atoms with van der Waals surface area (Å²) in [6, 6.07) is 12.5. The Bertz CT molecular complexity index is 894. The zero-order chi connectivity index (χ0) is 21.4. The van der Waals surface area contributed by atoms with E-state index < -0.39 is 0 Å². The van der Waals surface area contributed by atoms with Gasteiger partial charge in [0.1, 0.15) is 11.6 Å². The van der Waals surface area contributed by atoms with Gasteiger partial charge in [-0.15, -0.1) is 0 Å². The van der Waals surface area contributed by atoms with E-state index in [4.69, 9.17) is 4.98 Å². The maximum atomic E-state index is 14.0. The molecule has 0 bridgehead atoms. The van der Waals surface area contributed by atoms with E-state index in [1.165, 1.54) is 31.4 Å². The van der Waals surface area contributed by atoms with Crippen molar-refractivity contribution >= 4 is 17.2 Å². The molecule has 3 aliphatic rings. The summed E-state index contributed by atoms with van der Waals surface area (Å²) in [6.45, 7) is 9.00. The normalized spacial score (nSPS) is 26.5. The molecule has 3 aliphatic heterocycles. The predicted octanol–water partition coefficient (Wildman–Crippen LogP) is 5.34. The zero-order valence-corrected chi connectivity index (χ0v) is 18.9. The molecule has 5 rings (SSSR count). The van der Waals surface area contributed by atoms with Gasteiger partial charge in [-0.3, -0.25) is 0 Å². The van der Waals surface area contributed by atoms with E-state index in [-0.39, 0.29) is 5.82 Å². The van der Waals surface area contributed by atoms with Crippen molar-refractivity contribution in [1.82, 2.24) is 4.98 Å². The van der Waals surface area contributed by atoms with E-state index in [0.717, 1.165) is 44.1 Å². The molecular weight excluding hydrogens is 387 g/mol. The molecule has 0 spiro atoms. The highest BCUT2D eigenvalue weighted by atomic mass is 19.1. The molecule has 2 aromatic rings. The third kappa shape index (κ3) is 3.99. The molecule has 31 heavy (non-hydrogen) atoms. The maximum absolute atomic E-state index is 14.0. The van der Waals surface area contributed by atoms with E-state index >= 15 is 0 Å². The Labute approximate surface area is 186 Å². The fourth-order valence-electron chi connectivity index (χ4n) is 6.06. The van der Waals surface area contributed by atoms with Gasteiger partial charge in [-0.05, 0) is 62.3 Å². The molecule has 0 N–H and O–H groups in total. The van der Waals surface area contributed by atoms with Crippen LogP contribution in [0.25, 0.3) is 0 Å². The second-order valence-corrected chi connectivity index (χ2v) is 9.85. The molecule has 3 fully saturated rings. The maximum Gasteiger partial charge on any atom is 0.130 e. The molecule has 0 radical (unpaired) electrons. The standard InChI is InChI=1S/C26H35FN4/c1-19(2)23-18-31(25-17-21(11-12-28-25)29-13-4-3-5-14-29)24-10-7-15-30(26(23)24)22-9-6-8-20(27)16-22/h6,8-9,11-12,16-17,19,23-24,26H,3-5,7,10,13-15,18H2,1-2H3. The minimum absolute atomic E-state index is 0.147. The van der Waals surface area contributed by atoms with Crippen LogP contribution in [-0.2, 0) is 0 Å². The molecule has 3 unspecified atom stereocenters. The molecule has 3 saturated heterocycles. The summed E-state index contributed by atoms with van der Waals surface area (Å²) >= 11 is 0. The number of nitrogens with zero attached hydrogens (tertiary/aromatic N) is 4. The van der Waals surface area contributed by atoms with Crippen molar-refractivity contribution < 1.29 is 4.39 Å². The van der Waals surface area contributed by atoms with E-state index in [9.17, 15) is 4.39 Å². The van der Waals surface area contributed by atoms with Crippen LogP contribution in [0.15, 0.2) is 42.6 Å². The van der Waals surface area contributed by atoms with Crippen LogP contribution < -0.4 is 14.7 Å². The van der Waals surface area contributed by atoms with Crippen molar-refractivity contribution in [2.75, 3.05) is 40.9 Å². The number of aromatic nitrogens is 1. The van der Waals surface area contributed by atoms with Gasteiger partial charge in [0.05, 0.1) is 12.1 Å². The van der Waals surface area contributed by atoms with E-state index in [0.29, 0.717) is 23.9 Å². The second kappa shape index (κ2) is 8.68. The number of halogens is 1. The van der Waals surface area contributed by atoms with Crippen LogP contribution in [-0.4, -0.2) is 43.2 Å². The lowest BCUT2D eigenvalue weighted by molar-refractivity contribution is 0.315. The summed E-state index contributed by atoms with van der Waals surface area (Å²) in [7, 11) is 0. The van der Waals surface area contributed by atoms with Crippen molar-refractivity contribution in [2.24, 2.45) is 11.8 Å². The number of fused-ring (bicyclic) bond motifs is 1. The number of hydrogen-bond donors (Lipinski definition) is 0. The molecule has 1 aromatic heterocycles. The Balaban J connectivity index is 1.46. The lowest BCUT2D eigenvalue weighted by atomic mass is 9.83. The van der Waals surface area contributed by atoms with Gasteiger partial charge in [-0.25, -0.2) is 9.37 Å². The Morgan fingerprint density at radius 1 is 0.935 bits per heavy atom. The van der Waals surface area contributed by atoms with E-state index in [1.807, 2.05) is 12.3 Å². The first-order valence-electron chi connectivity index (χ1n) is 12.1. The highest BCUT2D eigenvalue weighted by Crippen LogP contribution is 2.42. The number of rotatable bonds is 4. The number of hydrogen-bond acceptors (Lipinski definition) is 4. The first-order chi connectivity index (χ1) is 15.1. The van der Waals surface area contributed by atoms with Gasteiger partial charge in [0, 0.05) is 55.7 Å². The summed E-state index contributed by atoms with van der Waals surface area (Å²) in [5.74, 6) is 2.07. The van der Waals surface area contributed by atoms with Gasteiger partial charge in [0.2, 0.25) is 0 Å². The van der Waals surface area contributed by atoms with Crippen molar-refractivity contribution in [2.45, 2.75) is 58.0 Å². The lowest BCUT2D eigenvalue weighted by Gasteiger charge is -2.44. The average molecular weight is 423 g/mol. The van der Waals surface area contributed by atoms with Crippen molar-refractivity contribution in [1.29, 1.82) is 0 Å². The van der Waals surface area contributed by atoms with Gasteiger partial charge in [0.25, 0.3) is 0 Å².